The van der Waals surface area contributed by atoms with E-state index >= 15 is 0 Å². The summed E-state index contributed by atoms with van der Waals surface area (Å²) in [6.07, 6.45) is 11.4. The van der Waals surface area contributed by atoms with Crippen LogP contribution in [0, 0.1) is 10.1 Å². The van der Waals surface area contributed by atoms with Gasteiger partial charge in [-0.1, -0.05) is 49.6 Å². The summed E-state index contributed by atoms with van der Waals surface area (Å²) in [5.74, 6) is -0.350. The standard InChI is InChI=1S/C22H27N3O4/c1-17(15-21(23)26)11-7-5-3-2-4-6-10-14-29-22-20(25(27)28)16-18-12-8-9-13-19(18)24-22/h7-9,11-13,15-16H,2-6,10,14H2,1H3,(H2,23,26). The number of amides is 1. The Morgan fingerprint density at radius 1 is 1.21 bits per heavy atom. The second kappa shape index (κ2) is 11.6. The highest BCUT2D eigenvalue weighted by Gasteiger charge is 2.18. The number of nitrogens with zero attached hydrogens (tertiary/aromatic N) is 2. The summed E-state index contributed by atoms with van der Waals surface area (Å²) in [6, 6.07) is 8.78. The number of ether oxygens (including phenoxy) is 1. The smallest absolute Gasteiger partial charge is 0.331 e. The first-order valence-electron chi connectivity index (χ1n) is 9.78. The number of fused-ring (bicyclic) bond motifs is 1. The second-order valence-corrected chi connectivity index (χ2v) is 6.86. The van der Waals surface area contributed by atoms with Crippen LogP contribution in [0.3, 0.4) is 0 Å². The molecule has 1 aromatic heterocycles. The van der Waals surface area contributed by atoms with E-state index in [0.717, 1.165) is 49.5 Å². The number of carbonyl (C=O) groups excluding carboxylic acids is 1. The predicted molar refractivity (Wildman–Crippen MR) is 114 cm³/mol. The lowest BCUT2D eigenvalue weighted by atomic mass is 10.1. The first-order chi connectivity index (χ1) is 14.0. The Hall–Kier alpha value is -3.22. The van der Waals surface area contributed by atoms with Crippen LogP contribution in [0.2, 0.25) is 0 Å². The van der Waals surface area contributed by atoms with Crippen LogP contribution in [-0.4, -0.2) is 22.4 Å². The van der Waals surface area contributed by atoms with E-state index in [1.807, 2.05) is 37.3 Å². The van der Waals surface area contributed by atoms with Crippen molar-refractivity contribution in [1.82, 2.24) is 4.98 Å². The molecule has 0 spiro atoms. The maximum atomic E-state index is 11.3. The first kappa shape index (κ1) is 22.1. The molecule has 0 aliphatic carbocycles. The van der Waals surface area contributed by atoms with Gasteiger partial charge in [0.1, 0.15) is 0 Å². The van der Waals surface area contributed by atoms with Crippen molar-refractivity contribution in [2.75, 3.05) is 6.61 Å². The van der Waals surface area contributed by atoms with E-state index in [-0.39, 0.29) is 11.6 Å². The number of hydrogen-bond acceptors (Lipinski definition) is 5. The summed E-state index contributed by atoms with van der Waals surface area (Å²) in [7, 11) is 0. The van der Waals surface area contributed by atoms with E-state index in [0.29, 0.717) is 12.1 Å². The second-order valence-electron chi connectivity index (χ2n) is 6.86. The van der Waals surface area contributed by atoms with Crippen LogP contribution in [-0.2, 0) is 4.79 Å². The number of primary amides is 1. The molecule has 2 aromatic rings. The number of pyridine rings is 1. The molecule has 7 heteroatoms. The van der Waals surface area contributed by atoms with Crippen molar-refractivity contribution in [3.8, 4) is 5.88 Å². The number of para-hydroxylation sites is 1. The Bertz CT molecular complexity index is 906. The topological polar surface area (TPSA) is 108 Å². The van der Waals surface area contributed by atoms with Crippen molar-refractivity contribution in [2.45, 2.75) is 45.4 Å². The van der Waals surface area contributed by atoms with Crippen LogP contribution in [0.25, 0.3) is 10.9 Å². The summed E-state index contributed by atoms with van der Waals surface area (Å²) in [4.78, 5) is 25.8. The van der Waals surface area contributed by atoms with E-state index in [1.165, 1.54) is 12.1 Å². The van der Waals surface area contributed by atoms with Crippen molar-refractivity contribution >= 4 is 22.5 Å². The zero-order valence-electron chi connectivity index (χ0n) is 16.7. The van der Waals surface area contributed by atoms with E-state index < -0.39 is 10.8 Å². The molecule has 0 fully saturated rings. The summed E-state index contributed by atoms with van der Waals surface area (Å²) in [6.45, 7) is 2.25. The van der Waals surface area contributed by atoms with Crippen molar-refractivity contribution in [3.63, 3.8) is 0 Å². The number of aromatic nitrogens is 1. The zero-order valence-corrected chi connectivity index (χ0v) is 16.7. The number of carbonyl (C=O) groups is 1. The third-order valence-electron chi connectivity index (χ3n) is 4.37. The number of nitrogens with two attached hydrogens (primary N) is 1. The Balaban J connectivity index is 1.68. The fourth-order valence-corrected chi connectivity index (χ4v) is 2.93. The maximum absolute atomic E-state index is 11.3. The Morgan fingerprint density at radius 2 is 1.93 bits per heavy atom. The summed E-state index contributed by atoms with van der Waals surface area (Å²) in [5, 5.41) is 12.0. The molecule has 2 N–H and O–H groups in total. The van der Waals surface area contributed by atoms with Gasteiger partial charge in [0.2, 0.25) is 5.91 Å². The molecule has 0 saturated heterocycles. The minimum Gasteiger partial charge on any atom is -0.473 e. The number of hydrogen-bond donors (Lipinski definition) is 1. The normalized spacial score (nSPS) is 11.8. The highest BCUT2D eigenvalue weighted by molar-refractivity contribution is 5.86. The van der Waals surface area contributed by atoms with Crippen LogP contribution in [0.4, 0.5) is 5.69 Å². The summed E-state index contributed by atoms with van der Waals surface area (Å²) in [5.41, 5.74) is 6.53. The zero-order chi connectivity index (χ0) is 21.1. The fraction of sp³-hybridized carbons (Fsp3) is 0.364. The molecular weight excluding hydrogens is 370 g/mol. The number of allylic oxidation sites excluding steroid dienone is 3. The van der Waals surface area contributed by atoms with Crippen LogP contribution < -0.4 is 10.5 Å². The molecule has 29 heavy (non-hydrogen) atoms. The minimum absolute atomic E-state index is 0.0817. The quantitative estimate of drug-likeness (QED) is 0.181. The van der Waals surface area contributed by atoms with Gasteiger partial charge < -0.3 is 10.5 Å². The van der Waals surface area contributed by atoms with Gasteiger partial charge in [0.15, 0.2) is 0 Å². The number of benzene rings is 1. The average molecular weight is 397 g/mol. The largest absolute Gasteiger partial charge is 0.473 e. The van der Waals surface area contributed by atoms with Gasteiger partial charge in [-0.05, 0) is 37.8 Å². The van der Waals surface area contributed by atoms with E-state index in [9.17, 15) is 14.9 Å². The highest BCUT2D eigenvalue weighted by Crippen LogP contribution is 2.29. The van der Waals surface area contributed by atoms with Gasteiger partial charge in [0.05, 0.1) is 17.0 Å². The lowest BCUT2D eigenvalue weighted by molar-refractivity contribution is -0.386. The molecule has 1 heterocycles. The molecule has 0 radical (unpaired) electrons. The van der Waals surface area contributed by atoms with E-state index in [2.05, 4.69) is 4.98 Å². The van der Waals surface area contributed by atoms with Gasteiger partial charge in [0, 0.05) is 17.5 Å². The van der Waals surface area contributed by atoms with Crippen molar-refractivity contribution in [3.05, 3.63) is 64.2 Å². The van der Waals surface area contributed by atoms with Crippen molar-refractivity contribution in [1.29, 1.82) is 0 Å². The number of unbranched alkanes of at least 4 members (excludes halogenated alkanes) is 5. The Kier molecular flexibility index (Phi) is 8.82. The molecule has 7 nitrogen and oxygen atoms in total. The SMILES string of the molecule is CC(C=CCCCCCCCOc1nc2ccccc2cc1[N+](=O)[O-])=CC(N)=O. The molecule has 2 rings (SSSR count). The lowest BCUT2D eigenvalue weighted by Crippen LogP contribution is -2.06. The fourth-order valence-electron chi connectivity index (χ4n) is 2.93. The maximum Gasteiger partial charge on any atom is 0.331 e. The Labute approximate surface area is 170 Å². The molecule has 0 aliphatic heterocycles. The molecule has 0 atom stereocenters. The first-order valence-corrected chi connectivity index (χ1v) is 9.78. The molecular formula is C22H27N3O4. The van der Waals surface area contributed by atoms with Crippen LogP contribution in [0.15, 0.2) is 54.1 Å². The monoisotopic (exact) mass is 397 g/mol. The minimum atomic E-state index is -0.456. The van der Waals surface area contributed by atoms with Gasteiger partial charge in [-0.2, -0.15) is 0 Å². The molecule has 0 unspecified atom stereocenters. The van der Waals surface area contributed by atoms with Crippen LogP contribution in [0.5, 0.6) is 5.88 Å². The van der Waals surface area contributed by atoms with Gasteiger partial charge in [-0.15, -0.1) is 0 Å². The molecule has 0 saturated carbocycles. The average Bonchev–Trinajstić information content (AvgIpc) is 2.68. The van der Waals surface area contributed by atoms with Crippen LogP contribution >= 0.6 is 0 Å². The molecule has 0 bridgehead atoms. The van der Waals surface area contributed by atoms with Gasteiger partial charge in [0.25, 0.3) is 5.88 Å². The van der Waals surface area contributed by atoms with Gasteiger partial charge in [-0.25, -0.2) is 4.98 Å². The van der Waals surface area contributed by atoms with Gasteiger partial charge >= 0.3 is 5.69 Å². The Morgan fingerprint density at radius 3 is 2.69 bits per heavy atom. The lowest BCUT2D eigenvalue weighted by Gasteiger charge is -2.07. The number of rotatable bonds is 12. The highest BCUT2D eigenvalue weighted by atomic mass is 16.6. The summed E-state index contributed by atoms with van der Waals surface area (Å²) < 4.78 is 5.60. The van der Waals surface area contributed by atoms with Crippen molar-refractivity contribution in [2.24, 2.45) is 5.73 Å². The number of nitro groups is 1. The summed E-state index contributed by atoms with van der Waals surface area (Å²) >= 11 is 0. The predicted octanol–water partition coefficient (Wildman–Crippen LogP) is 4.85. The van der Waals surface area contributed by atoms with E-state index in [1.54, 1.807) is 6.07 Å². The van der Waals surface area contributed by atoms with Gasteiger partial charge in [-0.3, -0.25) is 14.9 Å². The molecule has 1 aromatic carbocycles. The van der Waals surface area contributed by atoms with E-state index in [4.69, 9.17) is 10.5 Å². The third-order valence-corrected chi connectivity index (χ3v) is 4.37. The van der Waals surface area contributed by atoms with Crippen LogP contribution in [0.1, 0.15) is 45.4 Å². The third kappa shape index (κ3) is 7.73. The molecule has 1 amide bonds. The molecule has 0 aliphatic rings. The molecule has 154 valence electrons. The van der Waals surface area contributed by atoms with Crippen molar-refractivity contribution < 1.29 is 14.5 Å².